The van der Waals surface area contributed by atoms with Gasteiger partial charge in [-0.25, -0.2) is 9.50 Å². The molecule has 0 aliphatic rings. The average molecular weight is 410 g/mol. The SMILES string of the molecule is CCC[C@H](O)CN=CC(=CN)c1cn2nccc2c(-c2cnn(C(CC)CC)c2)n1. The third-order valence-corrected chi connectivity index (χ3v) is 5.23. The molecule has 0 saturated carbocycles. The molecule has 8 nitrogen and oxygen atoms in total. The molecule has 0 aromatic carbocycles. The molecule has 30 heavy (non-hydrogen) atoms. The van der Waals surface area contributed by atoms with Gasteiger partial charge in [-0.15, -0.1) is 0 Å². The van der Waals surface area contributed by atoms with E-state index in [1.807, 2.05) is 36.3 Å². The molecule has 0 unspecified atom stereocenters. The van der Waals surface area contributed by atoms with Crippen molar-refractivity contribution in [1.29, 1.82) is 0 Å². The maximum absolute atomic E-state index is 9.90. The van der Waals surface area contributed by atoms with Crippen LogP contribution in [-0.2, 0) is 0 Å². The fraction of sp³-hybridized carbons (Fsp3) is 0.455. The number of aromatic nitrogens is 5. The van der Waals surface area contributed by atoms with Gasteiger partial charge in [0.1, 0.15) is 0 Å². The fourth-order valence-electron chi connectivity index (χ4n) is 3.49. The van der Waals surface area contributed by atoms with E-state index >= 15 is 0 Å². The molecular weight excluding hydrogens is 378 g/mol. The summed E-state index contributed by atoms with van der Waals surface area (Å²) < 4.78 is 3.79. The molecule has 0 aliphatic heterocycles. The Labute approximate surface area is 177 Å². The minimum atomic E-state index is -0.446. The second kappa shape index (κ2) is 10.2. The monoisotopic (exact) mass is 409 g/mol. The van der Waals surface area contributed by atoms with Crippen LogP contribution in [0.1, 0.15) is 58.2 Å². The molecule has 8 heteroatoms. The summed E-state index contributed by atoms with van der Waals surface area (Å²) in [6.45, 7) is 6.70. The number of nitrogens with two attached hydrogens (primary N) is 1. The van der Waals surface area contributed by atoms with E-state index in [0.717, 1.165) is 42.5 Å². The molecule has 0 radical (unpaired) electrons. The Morgan fingerprint density at radius 3 is 2.73 bits per heavy atom. The molecule has 3 aromatic heterocycles. The average Bonchev–Trinajstić information content (AvgIpc) is 3.41. The Kier molecular flexibility index (Phi) is 7.35. The van der Waals surface area contributed by atoms with Crippen molar-refractivity contribution in [1.82, 2.24) is 24.4 Å². The molecular formula is C22H31N7O. The van der Waals surface area contributed by atoms with E-state index in [1.54, 1.807) is 16.9 Å². The Balaban J connectivity index is 1.95. The maximum atomic E-state index is 9.90. The van der Waals surface area contributed by atoms with E-state index in [2.05, 4.69) is 29.0 Å². The highest BCUT2D eigenvalue weighted by Crippen LogP contribution is 2.26. The molecule has 3 N–H and O–H groups in total. The van der Waals surface area contributed by atoms with Gasteiger partial charge in [0.15, 0.2) is 0 Å². The summed E-state index contributed by atoms with van der Waals surface area (Å²) in [5.74, 6) is 0. The Bertz CT molecular complexity index is 1010. The molecule has 0 saturated heterocycles. The zero-order chi connectivity index (χ0) is 21.5. The molecule has 3 aromatic rings. The van der Waals surface area contributed by atoms with Gasteiger partial charge in [-0.2, -0.15) is 10.2 Å². The Morgan fingerprint density at radius 2 is 2.03 bits per heavy atom. The molecule has 1 atom stereocenters. The lowest BCUT2D eigenvalue weighted by Crippen LogP contribution is -2.10. The highest BCUT2D eigenvalue weighted by atomic mass is 16.3. The van der Waals surface area contributed by atoms with Crippen molar-refractivity contribution >= 4 is 17.3 Å². The molecule has 0 fully saturated rings. The standard InChI is InChI=1S/C22H31N7O/c1-4-7-19(30)13-24-11-16(10-23)20-15-29-21(8-9-25-29)22(27-20)17-12-26-28(14-17)18(5-2)6-3/h8-12,14-15,18-19,30H,4-7,13,23H2,1-3H3/t19-/m0/s1. The van der Waals surface area contributed by atoms with Crippen molar-refractivity contribution < 1.29 is 5.11 Å². The van der Waals surface area contributed by atoms with Crippen LogP contribution < -0.4 is 5.73 Å². The highest BCUT2D eigenvalue weighted by Gasteiger charge is 2.15. The van der Waals surface area contributed by atoms with Crippen molar-refractivity contribution in [2.75, 3.05) is 6.54 Å². The van der Waals surface area contributed by atoms with Crippen LogP contribution in [0.5, 0.6) is 0 Å². The van der Waals surface area contributed by atoms with Gasteiger partial charge in [0.05, 0.1) is 54.2 Å². The summed E-state index contributed by atoms with van der Waals surface area (Å²) in [6, 6.07) is 2.30. The van der Waals surface area contributed by atoms with Gasteiger partial charge >= 0.3 is 0 Å². The smallest absolute Gasteiger partial charge is 0.0999 e. The molecule has 0 bridgehead atoms. The van der Waals surface area contributed by atoms with Crippen molar-refractivity contribution in [2.24, 2.45) is 10.7 Å². The van der Waals surface area contributed by atoms with Crippen molar-refractivity contribution in [3.8, 4) is 11.3 Å². The number of aliphatic hydroxyl groups excluding tert-OH is 1. The summed E-state index contributed by atoms with van der Waals surface area (Å²) in [4.78, 5) is 9.20. The molecule has 3 rings (SSSR count). The summed E-state index contributed by atoms with van der Waals surface area (Å²) in [7, 11) is 0. The van der Waals surface area contributed by atoms with Crippen LogP contribution in [-0.4, -0.2) is 48.3 Å². The lowest BCUT2D eigenvalue weighted by molar-refractivity contribution is 0.172. The number of rotatable bonds is 10. The largest absolute Gasteiger partial charge is 0.404 e. The Hall–Kier alpha value is -3.00. The van der Waals surface area contributed by atoms with Crippen molar-refractivity contribution in [3.05, 3.63) is 42.7 Å². The van der Waals surface area contributed by atoms with Crippen LogP contribution in [0, 0.1) is 0 Å². The van der Waals surface area contributed by atoms with Gasteiger partial charge in [-0.1, -0.05) is 27.2 Å². The quantitative estimate of drug-likeness (QED) is 0.499. The molecule has 0 amide bonds. The third kappa shape index (κ3) is 4.76. The van der Waals surface area contributed by atoms with E-state index < -0.39 is 6.10 Å². The zero-order valence-electron chi connectivity index (χ0n) is 17.9. The van der Waals surface area contributed by atoms with Crippen molar-refractivity contribution in [2.45, 2.75) is 58.6 Å². The number of aliphatic imine (C=N–C) groups is 1. The first-order valence-corrected chi connectivity index (χ1v) is 10.6. The van der Waals surface area contributed by atoms with Gasteiger partial charge < -0.3 is 10.8 Å². The van der Waals surface area contributed by atoms with Crippen LogP contribution in [0.2, 0.25) is 0 Å². The summed E-state index contributed by atoms with van der Waals surface area (Å²) in [6.07, 6.45) is 13.8. The van der Waals surface area contributed by atoms with Crippen LogP contribution >= 0.6 is 0 Å². The Morgan fingerprint density at radius 1 is 1.23 bits per heavy atom. The number of hydrogen-bond acceptors (Lipinski definition) is 6. The summed E-state index contributed by atoms with van der Waals surface area (Å²) >= 11 is 0. The zero-order valence-corrected chi connectivity index (χ0v) is 17.9. The normalized spacial score (nSPS) is 13.7. The lowest BCUT2D eigenvalue weighted by atomic mass is 10.1. The minimum Gasteiger partial charge on any atom is -0.404 e. The first-order valence-electron chi connectivity index (χ1n) is 10.6. The lowest BCUT2D eigenvalue weighted by Gasteiger charge is -2.12. The van der Waals surface area contributed by atoms with Gasteiger partial charge in [0.25, 0.3) is 0 Å². The number of nitrogens with zero attached hydrogens (tertiary/aromatic N) is 6. The van der Waals surface area contributed by atoms with Crippen molar-refractivity contribution in [3.63, 3.8) is 0 Å². The van der Waals surface area contributed by atoms with Crippen LogP contribution in [0.3, 0.4) is 0 Å². The highest BCUT2D eigenvalue weighted by molar-refractivity contribution is 6.09. The number of hydrogen-bond donors (Lipinski definition) is 2. The first kappa shape index (κ1) is 21.7. The topological polar surface area (TPSA) is 107 Å². The van der Waals surface area contributed by atoms with Crippen LogP contribution in [0.4, 0.5) is 0 Å². The molecule has 160 valence electrons. The van der Waals surface area contributed by atoms with Gasteiger partial charge in [0.2, 0.25) is 0 Å². The molecule has 3 heterocycles. The second-order valence-corrected chi connectivity index (χ2v) is 7.37. The van der Waals surface area contributed by atoms with Crippen LogP contribution in [0.25, 0.3) is 22.3 Å². The van der Waals surface area contributed by atoms with E-state index in [4.69, 9.17) is 10.7 Å². The fourth-order valence-corrected chi connectivity index (χ4v) is 3.49. The van der Waals surface area contributed by atoms with E-state index in [1.165, 1.54) is 6.20 Å². The van der Waals surface area contributed by atoms with Crippen LogP contribution in [0.15, 0.2) is 42.0 Å². The molecule has 0 aliphatic carbocycles. The maximum Gasteiger partial charge on any atom is 0.0999 e. The van der Waals surface area contributed by atoms with Gasteiger partial charge in [-0.05, 0) is 25.3 Å². The molecule has 0 spiro atoms. The van der Waals surface area contributed by atoms with E-state index in [0.29, 0.717) is 23.9 Å². The predicted molar refractivity (Wildman–Crippen MR) is 120 cm³/mol. The van der Waals surface area contributed by atoms with E-state index in [-0.39, 0.29) is 0 Å². The minimum absolute atomic E-state index is 0.338. The number of fused-ring (bicyclic) bond motifs is 1. The van der Waals surface area contributed by atoms with E-state index in [9.17, 15) is 5.11 Å². The number of allylic oxidation sites excluding steroid dienone is 1. The number of aliphatic hydroxyl groups is 1. The predicted octanol–water partition coefficient (Wildman–Crippen LogP) is 3.49. The van der Waals surface area contributed by atoms with Gasteiger partial charge in [0, 0.05) is 29.7 Å². The second-order valence-electron chi connectivity index (χ2n) is 7.37. The summed E-state index contributed by atoms with van der Waals surface area (Å²) in [5.41, 5.74) is 9.82. The first-order chi connectivity index (χ1) is 14.6. The summed E-state index contributed by atoms with van der Waals surface area (Å²) in [5, 5.41) is 18.8. The third-order valence-electron chi connectivity index (χ3n) is 5.23. The van der Waals surface area contributed by atoms with Gasteiger partial charge in [-0.3, -0.25) is 9.67 Å².